The molecule has 2 aromatic carbocycles. The van der Waals surface area contributed by atoms with Gasteiger partial charge in [-0.15, -0.1) is 0 Å². The minimum atomic E-state index is -4.25. The lowest BCUT2D eigenvalue weighted by atomic mass is 10.2. The van der Waals surface area contributed by atoms with E-state index in [0.29, 0.717) is 17.1 Å². The second-order valence-electron chi connectivity index (χ2n) is 4.16. The molecule has 0 radical (unpaired) electrons. The highest BCUT2D eigenvalue weighted by molar-refractivity contribution is 7.60. The van der Waals surface area contributed by atoms with Crippen molar-refractivity contribution in [1.82, 2.24) is 0 Å². The number of rotatable bonds is 4. The van der Waals surface area contributed by atoms with Crippen LogP contribution in [0.5, 0.6) is 11.5 Å². The molecule has 2 rings (SSSR count). The number of carbonyl (C=O) groups excluding carboxylic acids is 1. The lowest BCUT2D eigenvalue weighted by Gasteiger charge is -2.08. The Morgan fingerprint density at radius 2 is 1.43 bits per heavy atom. The average molecular weight is 308 g/mol. The van der Waals surface area contributed by atoms with Crippen molar-refractivity contribution in [3.63, 3.8) is 0 Å². The van der Waals surface area contributed by atoms with E-state index in [9.17, 15) is 9.36 Å². The van der Waals surface area contributed by atoms with Crippen molar-refractivity contribution in [2.45, 2.75) is 0 Å². The topological polar surface area (TPSA) is 93.1 Å². The summed E-state index contributed by atoms with van der Waals surface area (Å²) in [4.78, 5) is 29.3. The second-order valence-corrected chi connectivity index (χ2v) is 5.76. The molecule has 0 fully saturated rings. The molecule has 6 nitrogen and oxygen atoms in total. The molecule has 0 aliphatic heterocycles. The molecule has 0 bridgehead atoms. The molecule has 0 amide bonds. The molecule has 7 heteroatoms. The maximum Gasteiger partial charge on any atom is 0.356 e. The van der Waals surface area contributed by atoms with Crippen LogP contribution in [-0.4, -0.2) is 22.9 Å². The first kappa shape index (κ1) is 15.3. The van der Waals surface area contributed by atoms with Crippen molar-refractivity contribution < 1.29 is 28.6 Å². The van der Waals surface area contributed by atoms with Gasteiger partial charge in [-0.05, 0) is 48.5 Å². The van der Waals surface area contributed by atoms with Crippen LogP contribution < -0.4 is 10.0 Å². The van der Waals surface area contributed by atoms with Gasteiger partial charge in [-0.2, -0.15) is 0 Å². The quantitative estimate of drug-likeness (QED) is 0.663. The SMILES string of the molecule is COC(=O)c1ccc(Oc2ccc(P(=O)(O)O)cc2)cc1. The van der Waals surface area contributed by atoms with E-state index in [2.05, 4.69) is 4.74 Å². The second kappa shape index (κ2) is 6.10. The van der Waals surface area contributed by atoms with Crippen LogP contribution in [0.2, 0.25) is 0 Å². The Morgan fingerprint density at radius 1 is 0.952 bits per heavy atom. The average Bonchev–Trinajstić information content (AvgIpc) is 2.47. The van der Waals surface area contributed by atoms with E-state index in [0.717, 1.165) is 0 Å². The first-order valence-corrected chi connectivity index (χ1v) is 7.54. The standard InChI is InChI=1S/C14H13O6P/c1-19-14(15)10-2-4-11(5-3-10)20-12-6-8-13(9-7-12)21(16,17)18/h2-9H,1H3,(H2,16,17,18). The molecule has 0 aromatic heterocycles. The van der Waals surface area contributed by atoms with Crippen LogP contribution in [0.1, 0.15) is 10.4 Å². The maximum absolute atomic E-state index is 11.3. The molecular formula is C14H13O6P. The van der Waals surface area contributed by atoms with Crippen LogP contribution in [0.25, 0.3) is 0 Å². The monoisotopic (exact) mass is 308 g/mol. The Morgan fingerprint density at radius 3 is 1.86 bits per heavy atom. The van der Waals surface area contributed by atoms with Gasteiger partial charge in [0.25, 0.3) is 0 Å². The van der Waals surface area contributed by atoms with Gasteiger partial charge in [0.05, 0.1) is 18.0 Å². The largest absolute Gasteiger partial charge is 0.465 e. The summed E-state index contributed by atoms with van der Waals surface area (Å²) in [5.41, 5.74) is 0.404. The summed E-state index contributed by atoms with van der Waals surface area (Å²) in [5.74, 6) is 0.483. The van der Waals surface area contributed by atoms with Gasteiger partial charge in [0, 0.05) is 0 Å². The number of carbonyl (C=O) groups is 1. The summed E-state index contributed by atoms with van der Waals surface area (Å²) in [6, 6.07) is 11.9. The third-order valence-electron chi connectivity index (χ3n) is 2.68. The summed E-state index contributed by atoms with van der Waals surface area (Å²) in [6.07, 6.45) is 0. The number of esters is 1. The fourth-order valence-electron chi connectivity index (χ4n) is 1.62. The molecule has 21 heavy (non-hydrogen) atoms. The van der Waals surface area contributed by atoms with Crippen LogP contribution >= 0.6 is 7.60 Å². The molecule has 2 N–H and O–H groups in total. The molecule has 0 unspecified atom stereocenters. The summed E-state index contributed by atoms with van der Waals surface area (Å²) >= 11 is 0. The molecule has 0 saturated carbocycles. The van der Waals surface area contributed by atoms with Crippen molar-refractivity contribution in [3.05, 3.63) is 54.1 Å². The summed E-state index contributed by atoms with van der Waals surface area (Å²) < 4.78 is 21.1. The van der Waals surface area contributed by atoms with E-state index in [1.807, 2.05) is 0 Å². The lowest BCUT2D eigenvalue weighted by Crippen LogP contribution is -2.02. The Bertz CT molecular complexity index is 672. The molecule has 0 aliphatic rings. The van der Waals surface area contributed by atoms with Gasteiger partial charge in [0.1, 0.15) is 11.5 Å². The van der Waals surface area contributed by atoms with Crippen LogP contribution in [0.15, 0.2) is 48.5 Å². The lowest BCUT2D eigenvalue weighted by molar-refractivity contribution is 0.0600. The molecule has 0 spiro atoms. The van der Waals surface area contributed by atoms with Gasteiger partial charge in [-0.1, -0.05) is 0 Å². The third-order valence-corrected chi connectivity index (χ3v) is 3.66. The minimum absolute atomic E-state index is 0.0733. The van der Waals surface area contributed by atoms with E-state index in [-0.39, 0.29) is 5.30 Å². The van der Waals surface area contributed by atoms with Gasteiger partial charge >= 0.3 is 13.6 Å². The Kier molecular flexibility index (Phi) is 4.43. The zero-order valence-corrected chi connectivity index (χ0v) is 12.0. The fourth-order valence-corrected chi connectivity index (χ4v) is 2.16. The van der Waals surface area contributed by atoms with Crippen molar-refractivity contribution in [1.29, 1.82) is 0 Å². The van der Waals surface area contributed by atoms with Gasteiger partial charge in [0.15, 0.2) is 0 Å². The van der Waals surface area contributed by atoms with Crippen LogP contribution in [0.4, 0.5) is 0 Å². The Labute approximate surface area is 121 Å². The Hall–Kier alpha value is -2.14. The first-order valence-electron chi connectivity index (χ1n) is 5.92. The minimum Gasteiger partial charge on any atom is -0.465 e. The number of methoxy groups -OCH3 is 1. The summed E-state index contributed by atoms with van der Waals surface area (Å²) in [6.45, 7) is 0. The fraction of sp³-hybridized carbons (Fsp3) is 0.0714. The molecule has 0 heterocycles. The molecule has 110 valence electrons. The first-order chi connectivity index (χ1) is 9.90. The molecule has 0 atom stereocenters. The number of ether oxygens (including phenoxy) is 2. The molecular weight excluding hydrogens is 295 g/mol. The predicted octanol–water partition coefficient (Wildman–Crippen LogP) is 2.07. The van der Waals surface area contributed by atoms with E-state index in [1.54, 1.807) is 24.3 Å². The number of hydrogen-bond acceptors (Lipinski definition) is 4. The zero-order chi connectivity index (χ0) is 15.5. The van der Waals surface area contributed by atoms with Gasteiger partial charge in [-0.25, -0.2) is 4.79 Å². The maximum atomic E-state index is 11.3. The van der Waals surface area contributed by atoms with Gasteiger partial charge in [-0.3, -0.25) is 4.57 Å². The highest BCUT2D eigenvalue weighted by Crippen LogP contribution is 2.33. The van der Waals surface area contributed by atoms with Crippen molar-refractivity contribution >= 4 is 18.9 Å². The van der Waals surface area contributed by atoms with Crippen molar-refractivity contribution in [2.75, 3.05) is 7.11 Å². The Balaban J connectivity index is 2.11. The smallest absolute Gasteiger partial charge is 0.356 e. The van der Waals surface area contributed by atoms with E-state index in [4.69, 9.17) is 14.5 Å². The molecule has 0 aliphatic carbocycles. The third kappa shape index (κ3) is 3.92. The van der Waals surface area contributed by atoms with E-state index < -0.39 is 13.6 Å². The number of benzene rings is 2. The van der Waals surface area contributed by atoms with Gasteiger partial charge < -0.3 is 19.3 Å². The number of hydrogen-bond donors (Lipinski definition) is 2. The summed E-state index contributed by atoms with van der Waals surface area (Å²) in [5, 5.41) is -0.0733. The molecule has 0 saturated heterocycles. The van der Waals surface area contributed by atoms with Crippen molar-refractivity contribution in [2.24, 2.45) is 0 Å². The van der Waals surface area contributed by atoms with Crippen LogP contribution in [-0.2, 0) is 9.30 Å². The predicted molar refractivity (Wildman–Crippen MR) is 76.0 cm³/mol. The zero-order valence-electron chi connectivity index (χ0n) is 11.1. The van der Waals surface area contributed by atoms with E-state index >= 15 is 0 Å². The normalized spacial score (nSPS) is 11.0. The van der Waals surface area contributed by atoms with Gasteiger partial charge in [0.2, 0.25) is 0 Å². The van der Waals surface area contributed by atoms with Crippen molar-refractivity contribution in [3.8, 4) is 11.5 Å². The van der Waals surface area contributed by atoms with Crippen LogP contribution in [0, 0.1) is 0 Å². The highest BCUT2D eigenvalue weighted by atomic mass is 31.2. The van der Waals surface area contributed by atoms with E-state index in [1.165, 1.54) is 31.4 Å². The summed E-state index contributed by atoms with van der Waals surface area (Å²) in [7, 11) is -2.95. The molecule has 2 aromatic rings. The van der Waals surface area contributed by atoms with Crippen LogP contribution in [0.3, 0.4) is 0 Å². The highest BCUT2D eigenvalue weighted by Gasteiger charge is 2.16.